The summed E-state index contributed by atoms with van der Waals surface area (Å²) in [6.07, 6.45) is 0. The molecular formula is C18H21BrN2O5S. The summed E-state index contributed by atoms with van der Waals surface area (Å²) in [5.41, 5.74) is 0. The van der Waals surface area contributed by atoms with Crippen molar-refractivity contribution in [3.05, 3.63) is 46.6 Å². The Kier molecular flexibility index (Phi) is 6.36. The molecule has 27 heavy (non-hydrogen) atoms. The molecule has 1 aromatic heterocycles. The van der Waals surface area contributed by atoms with Crippen molar-refractivity contribution in [3.8, 4) is 0 Å². The van der Waals surface area contributed by atoms with E-state index >= 15 is 0 Å². The van der Waals surface area contributed by atoms with Gasteiger partial charge in [-0.1, -0.05) is 15.9 Å². The van der Waals surface area contributed by atoms with Gasteiger partial charge in [0.05, 0.1) is 18.1 Å². The predicted molar refractivity (Wildman–Crippen MR) is 102 cm³/mol. The molecule has 1 fully saturated rings. The fourth-order valence-electron chi connectivity index (χ4n) is 2.79. The van der Waals surface area contributed by atoms with E-state index in [4.69, 9.17) is 9.15 Å². The number of nitrogens with one attached hydrogen (secondary N) is 1. The third kappa shape index (κ3) is 4.78. The number of carbonyl (C=O) groups excluding carboxylic acids is 1. The first-order valence-electron chi connectivity index (χ1n) is 8.58. The van der Waals surface area contributed by atoms with E-state index in [0.717, 1.165) is 17.6 Å². The number of nitrogens with zero attached hydrogens (tertiary/aromatic N) is 1. The van der Waals surface area contributed by atoms with Crippen LogP contribution in [0.15, 0.2) is 55.3 Å². The van der Waals surface area contributed by atoms with E-state index in [2.05, 4.69) is 26.1 Å². The molecule has 1 aromatic carbocycles. The average Bonchev–Trinajstić information content (AvgIpc) is 3.18. The van der Waals surface area contributed by atoms with Crippen molar-refractivity contribution in [2.75, 3.05) is 32.8 Å². The van der Waals surface area contributed by atoms with E-state index < -0.39 is 15.7 Å². The third-order valence-electron chi connectivity index (χ3n) is 4.42. The highest BCUT2D eigenvalue weighted by Gasteiger charge is 2.24. The number of ether oxygens (including phenoxy) is 1. The van der Waals surface area contributed by atoms with E-state index in [1.54, 1.807) is 12.1 Å². The van der Waals surface area contributed by atoms with Crippen LogP contribution in [0.3, 0.4) is 0 Å². The van der Waals surface area contributed by atoms with Crippen LogP contribution in [0.25, 0.3) is 0 Å². The first-order valence-corrected chi connectivity index (χ1v) is 10.9. The zero-order valence-corrected chi connectivity index (χ0v) is 17.3. The summed E-state index contributed by atoms with van der Waals surface area (Å²) < 4.78 is 36.6. The van der Waals surface area contributed by atoms with Crippen LogP contribution in [0.5, 0.6) is 0 Å². The molecule has 146 valence electrons. The number of halogens is 1. The molecular weight excluding hydrogens is 436 g/mol. The van der Waals surface area contributed by atoms with E-state index in [-0.39, 0.29) is 21.8 Å². The SMILES string of the molecule is C[C@H](CNC(=O)c1ccc(S(=O)(=O)c2ccc(Br)cc2)o1)N1CCOCC1. The molecule has 2 heterocycles. The zero-order valence-electron chi connectivity index (χ0n) is 14.9. The van der Waals surface area contributed by atoms with Crippen LogP contribution in [-0.4, -0.2) is 58.1 Å². The van der Waals surface area contributed by atoms with Gasteiger partial charge < -0.3 is 14.5 Å². The Morgan fingerprint density at radius 3 is 2.52 bits per heavy atom. The van der Waals surface area contributed by atoms with Crippen LogP contribution in [0.1, 0.15) is 17.5 Å². The fraction of sp³-hybridized carbons (Fsp3) is 0.389. The molecule has 1 aliphatic heterocycles. The molecule has 0 unspecified atom stereocenters. The van der Waals surface area contributed by atoms with Crippen molar-refractivity contribution >= 4 is 31.7 Å². The summed E-state index contributed by atoms with van der Waals surface area (Å²) in [6.45, 7) is 5.49. The van der Waals surface area contributed by atoms with Gasteiger partial charge in [0.15, 0.2) is 5.76 Å². The van der Waals surface area contributed by atoms with Gasteiger partial charge in [0.2, 0.25) is 14.9 Å². The lowest BCUT2D eigenvalue weighted by atomic mass is 10.2. The molecule has 0 spiro atoms. The van der Waals surface area contributed by atoms with Crippen LogP contribution < -0.4 is 5.32 Å². The van der Waals surface area contributed by atoms with Crippen molar-refractivity contribution in [1.29, 1.82) is 0 Å². The fourth-order valence-corrected chi connectivity index (χ4v) is 4.23. The molecule has 1 aliphatic rings. The minimum Gasteiger partial charge on any atom is -0.439 e. The second kappa shape index (κ2) is 8.55. The van der Waals surface area contributed by atoms with E-state index in [1.165, 1.54) is 24.3 Å². The van der Waals surface area contributed by atoms with Gasteiger partial charge in [-0.05, 0) is 43.3 Å². The quantitative estimate of drug-likeness (QED) is 0.717. The van der Waals surface area contributed by atoms with Gasteiger partial charge in [0, 0.05) is 30.1 Å². The van der Waals surface area contributed by atoms with Gasteiger partial charge in [0.25, 0.3) is 5.91 Å². The Balaban J connectivity index is 1.64. The van der Waals surface area contributed by atoms with Crippen molar-refractivity contribution in [2.45, 2.75) is 23.0 Å². The standard InChI is InChI=1S/C18H21BrN2O5S/c1-13(21-8-10-25-11-9-21)12-20-18(22)16-6-7-17(26-16)27(23,24)15-4-2-14(19)3-5-15/h2-7,13H,8-12H2,1H3,(H,20,22)/t13-/m1/s1. The molecule has 0 radical (unpaired) electrons. The lowest BCUT2D eigenvalue weighted by Crippen LogP contribution is -2.47. The van der Waals surface area contributed by atoms with E-state index in [1.807, 2.05) is 6.92 Å². The summed E-state index contributed by atoms with van der Waals surface area (Å²) in [7, 11) is -3.81. The van der Waals surface area contributed by atoms with Crippen molar-refractivity contribution < 1.29 is 22.4 Å². The number of hydrogen-bond donors (Lipinski definition) is 1. The number of carbonyl (C=O) groups is 1. The third-order valence-corrected chi connectivity index (χ3v) is 6.59. The number of hydrogen-bond acceptors (Lipinski definition) is 6. The van der Waals surface area contributed by atoms with Gasteiger partial charge in [-0.2, -0.15) is 0 Å². The first-order chi connectivity index (χ1) is 12.9. The first kappa shape index (κ1) is 20.1. The smallest absolute Gasteiger partial charge is 0.287 e. The maximum atomic E-state index is 12.6. The highest BCUT2D eigenvalue weighted by atomic mass is 79.9. The van der Waals surface area contributed by atoms with Crippen LogP contribution in [0.4, 0.5) is 0 Å². The van der Waals surface area contributed by atoms with E-state index in [0.29, 0.717) is 19.8 Å². The minimum atomic E-state index is -3.81. The van der Waals surface area contributed by atoms with E-state index in [9.17, 15) is 13.2 Å². The summed E-state index contributed by atoms with van der Waals surface area (Å²) in [6, 6.07) is 9.06. The molecule has 0 saturated carbocycles. The second-order valence-corrected chi connectivity index (χ2v) is 9.08. The number of furan rings is 1. The van der Waals surface area contributed by atoms with Crippen molar-refractivity contribution in [3.63, 3.8) is 0 Å². The largest absolute Gasteiger partial charge is 0.439 e. The summed E-state index contributed by atoms with van der Waals surface area (Å²) >= 11 is 3.27. The molecule has 2 aromatic rings. The topological polar surface area (TPSA) is 88.8 Å². The summed E-state index contributed by atoms with van der Waals surface area (Å²) in [4.78, 5) is 14.6. The van der Waals surface area contributed by atoms with Crippen LogP contribution in [0, 0.1) is 0 Å². The summed E-state index contributed by atoms with van der Waals surface area (Å²) in [5.74, 6) is -0.466. The Hall–Kier alpha value is -1.68. The Morgan fingerprint density at radius 1 is 1.19 bits per heavy atom. The maximum Gasteiger partial charge on any atom is 0.287 e. The molecule has 1 atom stereocenters. The van der Waals surface area contributed by atoms with Gasteiger partial charge in [-0.25, -0.2) is 8.42 Å². The summed E-state index contributed by atoms with van der Waals surface area (Å²) in [5, 5.41) is 2.54. The second-order valence-electron chi connectivity index (χ2n) is 6.28. The molecule has 1 N–H and O–H groups in total. The number of amides is 1. The highest BCUT2D eigenvalue weighted by molar-refractivity contribution is 9.10. The van der Waals surface area contributed by atoms with Gasteiger partial charge in [-0.3, -0.25) is 9.69 Å². The van der Waals surface area contributed by atoms with Gasteiger partial charge in [0.1, 0.15) is 0 Å². The molecule has 1 saturated heterocycles. The lowest BCUT2D eigenvalue weighted by molar-refractivity contribution is 0.0203. The van der Waals surface area contributed by atoms with Crippen LogP contribution in [0.2, 0.25) is 0 Å². The number of sulfone groups is 1. The molecule has 3 rings (SSSR count). The lowest BCUT2D eigenvalue weighted by Gasteiger charge is -2.32. The monoisotopic (exact) mass is 456 g/mol. The van der Waals surface area contributed by atoms with Crippen molar-refractivity contribution in [2.24, 2.45) is 0 Å². The minimum absolute atomic E-state index is 0.0279. The van der Waals surface area contributed by atoms with Gasteiger partial charge >= 0.3 is 0 Å². The number of morpholine rings is 1. The zero-order chi connectivity index (χ0) is 19.4. The normalized spacial score (nSPS) is 16.8. The van der Waals surface area contributed by atoms with Gasteiger partial charge in [-0.15, -0.1) is 0 Å². The Labute approximate surface area is 166 Å². The molecule has 0 bridgehead atoms. The average molecular weight is 457 g/mol. The maximum absolute atomic E-state index is 12.6. The molecule has 0 aliphatic carbocycles. The number of benzene rings is 1. The Bertz CT molecular complexity index is 889. The molecule has 1 amide bonds. The van der Waals surface area contributed by atoms with Crippen LogP contribution >= 0.6 is 15.9 Å². The predicted octanol–water partition coefficient (Wildman–Crippen LogP) is 2.33. The molecule has 7 nitrogen and oxygen atoms in total. The molecule has 9 heteroatoms. The number of rotatable bonds is 6. The van der Waals surface area contributed by atoms with Crippen LogP contribution in [-0.2, 0) is 14.6 Å². The van der Waals surface area contributed by atoms with Crippen molar-refractivity contribution in [1.82, 2.24) is 10.2 Å². The highest BCUT2D eigenvalue weighted by Crippen LogP contribution is 2.24. The Morgan fingerprint density at radius 2 is 1.85 bits per heavy atom.